The fourth-order valence-corrected chi connectivity index (χ4v) is 1.98. The van der Waals surface area contributed by atoms with Gasteiger partial charge in [-0.3, -0.25) is 4.79 Å². The first-order valence-electron chi connectivity index (χ1n) is 5.56. The highest BCUT2D eigenvalue weighted by atomic mass is 16.2. The quantitative estimate of drug-likeness (QED) is 0.782. The third-order valence-corrected chi connectivity index (χ3v) is 2.84. The Morgan fingerprint density at radius 2 is 1.71 bits per heavy atom. The van der Waals surface area contributed by atoms with Gasteiger partial charge in [-0.25, -0.2) is 0 Å². The molecule has 3 nitrogen and oxygen atoms in total. The minimum absolute atomic E-state index is 0.00251. The molecule has 0 unspecified atom stereocenters. The van der Waals surface area contributed by atoms with Crippen LogP contribution in [0.3, 0.4) is 0 Å². The zero-order chi connectivity index (χ0) is 11.7. The standard InChI is InChI=1S/C14H12N2O/c17-14-9-15-12-7-6-11(8-13(12)16-14)10-4-2-1-3-5-10/h1-8,15H,9H2,(H,16,17). The van der Waals surface area contributed by atoms with E-state index in [1.54, 1.807) is 0 Å². The molecule has 0 saturated carbocycles. The van der Waals surface area contributed by atoms with Crippen LogP contribution in [-0.2, 0) is 4.79 Å². The van der Waals surface area contributed by atoms with Crippen LogP contribution in [0, 0.1) is 0 Å². The van der Waals surface area contributed by atoms with Gasteiger partial charge in [0.2, 0.25) is 5.91 Å². The van der Waals surface area contributed by atoms with E-state index < -0.39 is 0 Å². The second-order valence-corrected chi connectivity index (χ2v) is 4.03. The van der Waals surface area contributed by atoms with Gasteiger partial charge in [-0.15, -0.1) is 0 Å². The van der Waals surface area contributed by atoms with Crippen molar-refractivity contribution in [2.24, 2.45) is 0 Å². The van der Waals surface area contributed by atoms with Gasteiger partial charge in [0.25, 0.3) is 0 Å². The molecule has 0 saturated heterocycles. The molecule has 0 radical (unpaired) electrons. The monoisotopic (exact) mass is 224 g/mol. The van der Waals surface area contributed by atoms with Crippen molar-refractivity contribution in [1.29, 1.82) is 0 Å². The van der Waals surface area contributed by atoms with Crippen molar-refractivity contribution in [3.63, 3.8) is 0 Å². The van der Waals surface area contributed by atoms with Crippen molar-refractivity contribution in [3.8, 4) is 11.1 Å². The van der Waals surface area contributed by atoms with Crippen LogP contribution in [0.25, 0.3) is 11.1 Å². The van der Waals surface area contributed by atoms with Crippen LogP contribution in [-0.4, -0.2) is 12.5 Å². The van der Waals surface area contributed by atoms with E-state index in [0.717, 1.165) is 22.5 Å². The zero-order valence-electron chi connectivity index (χ0n) is 9.23. The van der Waals surface area contributed by atoms with Crippen molar-refractivity contribution < 1.29 is 4.79 Å². The molecule has 0 bridgehead atoms. The van der Waals surface area contributed by atoms with Crippen LogP contribution >= 0.6 is 0 Å². The molecule has 0 fully saturated rings. The maximum atomic E-state index is 11.3. The highest BCUT2D eigenvalue weighted by molar-refractivity contribution is 6.01. The summed E-state index contributed by atoms with van der Waals surface area (Å²) in [4.78, 5) is 11.3. The fourth-order valence-electron chi connectivity index (χ4n) is 1.98. The fraction of sp³-hybridized carbons (Fsp3) is 0.0714. The molecule has 0 atom stereocenters. The molecule has 3 heteroatoms. The Bertz CT molecular complexity index is 564. The van der Waals surface area contributed by atoms with Gasteiger partial charge >= 0.3 is 0 Å². The summed E-state index contributed by atoms with van der Waals surface area (Å²) in [6.07, 6.45) is 0. The van der Waals surface area contributed by atoms with E-state index >= 15 is 0 Å². The first-order chi connectivity index (χ1) is 8.33. The van der Waals surface area contributed by atoms with Crippen LogP contribution in [0.15, 0.2) is 48.5 Å². The van der Waals surface area contributed by atoms with E-state index in [1.165, 1.54) is 0 Å². The highest BCUT2D eigenvalue weighted by Crippen LogP contribution is 2.30. The first-order valence-corrected chi connectivity index (χ1v) is 5.56. The van der Waals surface area contributed by atoms with Crippen molar-refractivity contribution >= 4 is 17.3 Å². The number of hydrogen-bond acceptors (Lipinski definition) is 2. The van der Waals surface area contributed by atoms with Crippen LogP contribution < -0.4 is 10.6 Å². The smallest absolute Gasteiger partial charge is 0.243 e. The molecular weight excluding hydrogens is 212 g/mol. The number of amides is 1. The summed E-state index contributed by atoms with van der Waals surface area (Å²) in [5.74, 6) is 0.00251. The molecule has 2 aromatic carbocycles. The largest absolute Gasteiger partial charge is 0.374 e. The number of fused-ring (bicyclic) bond motifs is 1. The lowest BCUT2D eigenvalue weighted by atomic mass is 10.0. The lowest BCUT2D eigenvalue weighted by molar-refractivity contribution is -0.114. The molecule has 17 heavy (non-hydrogen) atoms. The molecule has 0 aromatic heterocycles. The molecule has 1 aliphatic heterocycles. The summed E-state index contributed by atoms with van der Waals surface area (Å²) in [6, 6.07) is 16.2. The number of nitrogens with one attached hydrogen (secondary N) is 2. The average Bonchev–Trinajstić information content (AvgIpc) is 2.39. The van der Waals surface area contributed by atoms with Crippen molar-refractivity contribution in [2.75, 3.05) is 17.2 Å². The van der Waals surface area contributed by atoms with E-state index in [9.17, 15) is 4.79 Å². The summed E-state index contributed by atoms with van der Waals surface area (Å²) in [5, 5.41) is 5.95. The number of rotatable bonds is 1. The highest BCUT2D eigenvalue weighted by Gasteiger charge is 2.13. The summed E-state index contributed by atoms with van der Waals surface area (Å²) in [7, 11) is 0. The third kappa shape index (κ3) is 1.87. The first kappa shape index (κ1) is 9.90. The van der Waals surface area contributed by atoms with Gasteiger partial charge < -0.3 is 10.6 Å². The van der Waals surface area contributed by atoms with Crippen molar-refractivity contribution in [1.82, 2.24) is 0 Å². The van der Waals surface area contributed by atoms with E-state index in [-0.39, 0.29) is 5.91 Å². The van der Waals surface area contributed by atoms with Gasteiger partial charge in [-0.05, 0) is 23.3 Å². The number of anilines is 2. The molecule has 1 aliphatic rings. The molecule has 0 spiro atoms. The summed E-state index contributed by atoms with van der Waals surface area (Å²) in [5.41, 5.74) is 4.08. The van der Waals surface area contributed by atoms with Gasteiger partial charge in [0.1, 0.15) is 0 Å². The van der Waals surface area contributed by atoms with Gasteiger partial charge in [-0.1, -0.05) is 36.4 Å². The van der Waals surface area contributed by atoms with Crippen LogP contribution in [0.5, 0.6) is 0 Å². The van der Waals surface area contributed by atoms with E-state index in [4.69, 9.17) is 0 Å². The molecule has 84 valence electrons. The van der Waals surface area contributed by atoms with Crippen LogP contribution in [0.4, 0.5) is 11.4 Å². The second-order valence-electron chi connectivity index (χ2n) is 4.03. The van der Waals surface area contributed by atoms with E-state index in [2.05, 4.69) is 28.8 Å². The second kappa shape index (κ2) is 3.94. The lowest BCUT2D eigenvalue weighted by Gasteiger charge is -2.19. The van der Waals surface area contributed by atoms with Crippen molar-refractivity contribution in [3.05, 3.63) is 48.5 Å². The predicted molar refractivity (Wildman–Crippen MR) is 69.0 cm³/mol. The van der Waals surface area contributed by atoms with E-state index in [1.807, 2.05) is 30.3 Å². The maximum Gasteiger partial charge on any atom is 0.243 e. The minimum Gasteiger partial charge on any atom is -0.374 e. The summed E-state index contributed by atoms with van der Waals surface area (Å²) >= 11 is 0. The van der Waals surface area contributed by atoms with Crippen LogP contribution in [0.1, 0.15) is 0 Å². The Labute approximate surface area is 99.5 Å². The Balaban J connectivity index is 2.04. The van der Waals surface area contributed by atoms with Gasteiger partial charge in [0.15, 0.2) is 0 Å². The molecule has 2 aromatic rings. The SMILES string of the molecule is O=C1CNc2ccc(-c3ccccc3)cc2N1. The number of carbonyl (C=O) groups excluding carboxylic acids is 1. The van der Waals surface area contributed by atoms with Crippen molar-refractivity contribution in [2.45, 2.75) is 0 Å². The molecule has 2 N–H and O–H groups in total. The van der Waals surface area contributed by atoms with Gasteiger partial charge in [0, 0.05) is 0 Å². The number of carbonyl (C=O) groups is 1. The normalized spacial score (nSPS) is 13.5. The lowest BCUT2D eigenvalue weighted by Crippen LogP contribution is -2.27. The Morgan fingerprint density at radius 3 is 2.53 bits per heavy atom. The van der Waals surface area contributed by atoms with Gasteiger partial charge in [-0.2, -0.15) is 0 Å². The molecule has 1 amide bonds. The summed E-state index contributed by atoms with van der Waals surface area (Å²) < 4.78 is 0. The Kier molecular flexibility index (Phi) is 2.29. The third-order valence-electron chi connectivity index (χ3n) is 2.84. The number of benzene rings is 2. The van der Waals surface area contributed by atoms with E-state index in [0.29, 0.717) is 6.54 Å². The number of hydrogen-bond donors (Lipinski definition) is 2. The minimum atomic E-state index is 0.00251. The maximum absolute atomic E-state index is 11.3. The molecular formula is C14H12N2O. The van der Waals surface area contributed by atoms with Crippen LogP contribution in [0.2, 0.25) is 0 Å². The molecule has 1 heterocycles. The average molecular weight is 224 g/mol. The Morgan fingerprint density at radius 1 is 0.882 bits per heavy atom. The molecule has 0 aliphatic carbocycles. The predicted octanol–water partition coefficient (Wildman–Crippen LogP) is 2.72. The summed E-state index contributed by atoms with van der Waals surface area (Å²) in [6.45, 7) is 0.345. The zero-order valence-corrected chi connectivity index (χ0v) is 9.23. The topological polar surface area (TPSA) is 41.1 Å². The Hall–Kier alpha value is -2.29. The molecule has 3 rings (SSSR count). The van der Waals surface area contributed by atoms with Gasteiger partial charge in [0.05, 0.1) is 17.9 Å².